The SMILES string of the molecule is C=NC1=C(/C(C)=C\C)C(C(C)C)(C(C)CC)OC12COC2. The first kappa shape index (κ1) is 16.4. The van der Waals surface area contributed by atoms with Gasteiger partial charge in [-0.25, -0.2) is 0 Å². The Hall–Kier alpha value is -0.930. The van der Waals surface area contributed by atoms with Gasteiger partial charge in [0.05, 0.1) is 18.9 Å². The summed E-state index contributed by atoms with van der Waals surface area (Å²) in [5.74, 6) is 0.785. The van der Waals surface area contributed by atoms with E-state index in [1.807, 2.05) is 0 Å². The van der Waals surface area contributed by atoms with Crippen molar-refractivity contribution in [3.05, 3.63) is 22.9 Å². The van der Waals surface area contributed by atoms with Crippen LogP contribution in [-0.4, -0.2) is 31.1 Å². The van der Waals surface area contributed by atoms with Crippen molar-refractivity contribution in [3.63, 3.8) is 0 Å². The Bertz CT molecular complexity index is 485. The highest BCUT2D eigenvalue weighted by atomic mass is 16.6. The van der Waals surface area contributed by atoms with E-state index >= 15 is 0 Å². The van der Waals surface area contributed by atoms with E-state index in [-0.39, 0.29) is 11.2 Å². The molecule has 118 valence electrons. The molecule has 3 heteroatoms. The number of hydrogen-bond acceptors (Lipinski definition) is 3. The quantitative estimate of drug-likeness (QED) is 0.713. The number of hydrogen-bond donors (Lipinski definition) is 0. The molecule has 0 radical (unpaired) electrons. The summed E-state index contributed by atoms with van der Waals surface area (Å²) in [6.45, 7) is 18.2. The predicted molar refractivity (Wildman–Crippen MR) is 87.7 cm³/mol. The molecule has 2 aliphatic rings. The van der Waals surface area contributed by atoms with Crippen LogP contribution in [0.5, 0.6) is 0 Å². The Morgan fingerprint density at radius 1 is 1.38 bits per heavy atom. The average molecular weight is 291 g/mol. The summed E-state index contributed by atoms with van der Waals surface area (Å²) in [6, 6.07) is 0. The second kappa shape index (κ2) is 5.69. The highest BCUT2D eigenvalue weighted by Crippen LogP contribution is 2.55. The van der Waals surface area contributed by atoms with E-state index in [1.54, 1.807) is 0 Å². The van der Waals surface area contributed by atoms with Crippen LogP contribution in [0.15, 0.2) is 27.9 Å². The van der Waals surface area contributed by atoms with Gasteiger partial charge in [0, 0.05) is 5.57 Å². The molecule has 1 saturated heterocycles. The van der Waals surface area contributed by atoms with Crippen molar-refractivity contribution in [1.29, 1.82) is 0 Å². The number of allylic oxidation sites excluding steroid dienone is 1. The van der Waals surface area contributed by atoms with Crippen LogP contribution in [0.1, 0.15) is 48.0 Å². The summed E-state index contributed by atoms with van der Waals surface area (Å²) in [4.78, 5) is 4.39. The van der Waals surface area contributed by atoms with Crippen molar-refractivity contribution in [3.8, 4) is 0 Å². The molecule has 0 bridgehead atoms. The molecule has 2 heterocycles. The van der Waals surface area contributed by atoms with Crippen LogP contribution in [0.3, 0.4) is 0 Å². The third-order valence-corrected chi connectivity index (χ3v) is 5.28. The first-order valence-corrected chi connectivity index (χ1v) is 8.02. The van der Waals surface area contributed by atoms with Crippen molar-refractivity contribution >= 4 is 6.72 Å². The van der Waals surface area contributed by atoms with E-state index < -0.39 is 0 Å². The highest BCUT2D eigenvalue weighted by Gasteiger charge is 2.61. The van der Waals surface area contributed by atoms with Gasteiger partial charge in [-0.3, -0.25) is 4.99 Å². The molecule has 0 aromatic carbocycles. The number of rotatable bonds is 5. The normalized spacial score (nSPS) is 30.0. The van der Waals surface area contributed by atoms with Gasteiger partial charge in [-0.05, 0) is 38.0 Å². The average Bonchev–Trinajstić information content (AvgIpc) is 2.77. The van der Waals surface area contributed by atoms with Crippen LogP contribution >= 0.6 is 0 Å². The summed E-state index contributed by atoms with van der Waals surface area (Å²) in [5, 5.41) is 0. The van der Waals surface area contributed by atoms with Crippen LogP contribution in [0.4, 0.5) is 0 Å². The lowest BCUT2D eigenvalue weighted by Gasteiger charge is -2.46. The molecule has 0 amide bonds. The molecule has 0 aromatic rings. The maximum atomic E-state index is 6.75. The van der Waals surface area contributed by atoms with Crippen molar-refractivity contribution in [1.82, 2.24) is 0 Å². The Morgan fingerprint density at radius 2 is 2.00 bits per heavy atom. The minimum absolute atomic E-state index is 0.300. The van der Waals surface area contributed by atoms with Crippen LogP contribution < -0.4 is 0 Å². The minimum Gasteiger partial charge on any atom is -0.374 e. The third kappa shape index (κ3) is 2.13. The lowest BCUT2D eigenvalue weighted by atomic mass is 9.71. The van der Waals surface area contributed by atoms with E-state index in [4.69, 9.17) is 9.47 Å². The fourth-order valence-electron chi connectivity index (χ4n) is 3.81. The van der Waals surface area contributed by atoms with Crippen molar-refractivity contribution < 1.29 is 9.47 Å². The van der Waals surface area contributed by atoms with Crippen LogP contribution in [0.25, 0.3) is 0 Å². The smallest absolute Gasteiger partial charge is 0.158 e. The third-order valence-electron chi connectivity index (χ3n) is 5.28. The fraction of sp³-hybridized carbons (Fsp3) is 0.722. The zero-order valence-electron chi connectivity index (χ0n) is 14.3. The van der Waals surface area contributed by atoms with E-state index in [0.29, 0.717) is 25.0 Å². The van der Waals surface area contributed by atoms with E-state index in [1.165, 1.54) is 11.1 Å². The highest BCUT2D eigenvalue weighted by molar-refractivity contribution is 5.52. The maximum Gasteiger partial charge on any atom is 0.158 e. The Morgan fingerprint density at radius 3 is 2.33 bits per heavy atom. The summed E-state index contributed by atoms with van der Waals surface area (Å²) < 4.78 is 12.2. The molecule has 2 atom stereocenters. The zero-order valence-corrected chi connectivity index (χ0v) is 14.3. The Kier molecular flexibility index (Phi) is 4.46. The summed E-state index contributed by atoms with van der Waals surface area (Å²) >= 11 is 0. The molecule has 3 nitrogen and oxygen atoms in total. The minimum atomic E-state index is -0.380. The first-order chi connectivity index (χ1) is 9.89. The molecule has 0 aromatic heterocycles. The maximum absolute atomic E-state index is 6.75. The summed E-state index contributed by atoms with van der Waals surface area (Å²) in [7, 11) is 0. The van der Waals surface area contributed by atoms with Crippen molar-refractivity contribution in [2.24, 2.45) is 16.8 Å². The topological polar surface area (TPSA) is 30.8 Å². The van der Waals surface area contributed by atoms with Crippen LogP contribution in [-0.2, 0) is 9.47 Å². The van der Waals surface area contributed by atoms with Crippen molar-refractivity contribution in [2.45, 2.75) is 59.2 Å². The van der Waals surface area contributed by atoms with Gasteiger partial charge in [0.2, 0.25) is 0 Å². The number of aliphatic imine (C=N–C) groups is 1. The van der Waals surface area contributed by atoms with Gasteiger partial charge >= 0.3 is 0 Å². The molecule has 0 aliphatic carbocycles. The molecular weight excluding hydrogens is 262 g/mol. The van der Waals surface area contributed by atoms with Crippen molar-refractivity contribution in [2.75, 3.05) is 13.2 Å². The van der Waals surface area contributed by atoms with E-state index in [9.17, 15) is 0 Å². The Labute approximate surface area is 129 Å². The molecule has 0 N–H and O–H groups in total. The van der Waals surface area contributed by atoms with Gasteiger partial charge < -0.3 is 9.47 Å². The molecule has 2 rings (SSSR count). The summed E-state index contributed by atoms with van der Waals surface area (Å²) in [6.07, 6.45) is 3.22. The zero-order chi connectivity index (χ0) is 15.8. The largest absolute Gasteiger partial charge is 0.374 e. The lowest BCUT2D eigenvalue weighted by molar-refractivity contribution is -0.237. The predicted octanol–water partition coefficient (Wildman–Crippen LogP) is 4.15. The van der Waals surface area contributed by atoms with E-state index in [0.717, 1.165) is 12.1 Å². The number of nitrogens with zero attached hydrogens (tertiary/aromatic N) is 1. The molecule has 1 spiro atoms. The Balaban J connectivity index is 2.70. The fourth-order valence-corrected chi connectivity index (χ4v) is 3.81. The van der Waals surface area contributed by atoms with Crippen LogP contribution in [0, 0.1) is 11.8 Å². The second-order valence-electron chi connectivity index (χ2n) is 6.70. The van der Waals surface area contributed by atoms with Gasteiger partial charge in [-0.2, -0.15) is 0 Å². The molecule has 0 saturated carbocycles. The lowest BCUT2D eigenvalue weighted by Crippen LogP contribution is -2.56. The number of ether oxygens (including phenoxy) is 2. The van der Waals surface area contributed by atoms with Gasteiger partial charge in [-0.15, -0.1) is 0 Å². The molecular formula is C18H29NO2. The second-order valence-corrected chi connectivity index (χ2v) is 6.70. The van der Waals surface area contributed by atoms with Gasteiger partial charge in [0.25, 0.3) is 0 Å². The van der Waals surface area contributed by atoms with Gasteiger partial charge in [0.15, 0.2) is 5.60 Å². The van der Waals surface area contributed by atoms with Gasteiger partial charge in [0.1, 0.15) is 5.60 Å². The first-order valence-electron chi connectivity index (χ1n) is 8.02. The van der Waals surface area contributed by atoms with Gasteiger partial charge in [-0.1, -0.05) is 40.2 Å². The molecule has 1 fully saturated rings. The molecule has 2 unspecified atom stereocenters. The molecule has 21 heavy (non-hydrogen) atoms. The van der Waals surface area contributed by atoms with E-state index in [2.05, 4.69) is 59.3 Å². The molecule has 2 aliphatic heterocycles. The van der Waals surface area contributed by atoms with Crippen LogP contribution in [0.2, 0.25) is 0 Å². The standard InChI is InChI=1S/C18H29NO2/c1-8-13(5)15-16(19-7)17(10-20-11-17)21-18(15,12(3)4)14(6)9-2/h8,12,14H,7,9-11H2,1-6H3/b13-8-. The monoisotopic (exact) mass is 291 g/mol. The summed E-state index contributed by atoms with van der Waals surface area (Å²) in [5.41, 5.74) is 2.81.